The van der Waals surface area contributed by atoms with Crippen molar-refractivity contribution in [2.75, 3.05) is 4.90 Å². The Bertz CT molecular complexity index is 536. The quantitative estimate of drug-likeness (QED) is 0.641. The minimum Gasteiger partial charge on any atom is -0.437 e. The normalized spacial score (nSPS) is 22.2. The van der Waals surface area contributed by atoms with Crippen LogP contribution in [0.25, 0.3) is 0 Å². The van der Waals surface area contributed by atoms with Gasteiger partial charge in [0.15, 0.2) is 6.23 Å². The van der Waals surface area contributed by atoms with Gasteiger partial charge in [0.1, 0.15) is 0 Å². The predicted octanol–water partition coefficient (Wildman–Crippen LogP) is 1.93. The van der Waals surface area contributed by atoms with Crippen LogP contribution in [0.1, 0.15) is 34.3 Å². The molecule has 1 saturated heterocycles. The summed E-state index contributed by atoms with van der Waals surface area (Å²) in [7, 11) is 0. The van der Waals surface area contributed by atoms with Crippen LogP contribution in [0, 0.1) is 13.8 Å². The molecule has 88 valence electrons. The summed E-state index contributed by atoms with van der Waals surface area (Å²) in [6.45, 7) is 3.92. The molecule has 0 N–H and O–H groups in total. The van der Waals surface area contributed by atoms with Crippen LogP contribution < -0.4 is 4.90 Å². The third kappa shape index (κ3) is 1.30. The highest BCUT2D eigenvalue weighted by Gasteiger charge is 2.42. The van der Waals surface area contributed by atoms with E-state index >= 15 is 0 Å². The molecule has 0 saturated carbocycles. The molecule has 1 unspecified atom stereocenters. The smallest absolute Gasteiger partial charge is 0.342 e. The van der Waals surface area contributed by atoms with E-state index in [4.69, 9.17) is 4.74 Å². The van der Waals surface area contributed by atoms with Gasteiger partial charge < -0.3 is 4.74 Å². The van der Waals surface area contributed by atoms with E-state index in [9.17, 15) is 9.59 Å². The molecule has 1 aromatic carbocycles. The molecule has 0 bridgehead atoms. The van der Waals surface area contributed by atoms with E-state index in [1.54, 1.807) is 11.0 Å². The Labute approximate surface area is 99.2 Å². The van der Waals surface area contributed by atoms with Crippen LogP contribution in [0.15, 0.2) is 12.1 Å². The van der Waals surface area contributed by atoms with E-state index in [-0.39, 0.29) is 11.9 Å². The number of amides is 1. The molecule has 0 spiro atoms. The second kappa shape index (κ2) is 3.32. The first-order valence-corrected chi connectivity index (χ1v) is 5.73. The number of anilines is 1. The Morgan fingerprint density at radius 2 is 2.06 bits per heavy atom. The minimum atomic E-state index is -0.400. The number of hydrogen-bond acceptors (Lipinski definition) is 3. The first kappa shape index (κ1) is 10.3. The monoisotopic (exact) mass is 231 g/mol. The molecule has 17 heavy (non-hydrogen) atoms. The molecule has 3 rings (SSSR count). The van der Waals surface area contributed by atoms with E-state index in [1.165, 1.54) is 0 Å². The second-order valence-corrected chi connectivity index (χ2v) is 4.57. The van der Waals surface area contributed by atoms with Crippen molar-refractivity contribution in [1.82, 2.24) is 0 Å². The Balaban J connectivity index is 2.26. The lowest BCUT2D eigenvalue weighted by atomic mass is 10.0. The van der Waals surface area contributed by atoms with Gasteiger partial charge in [-0.1, -0.05) is 6.07 Å². The molecule has 4 nitrogen and oxygen atoms in total. The van der Waals surface area contributed by atoms with Crippen LogP contribution in [0.4, 0.5) is 5.69 Å². The number of carbonyl (C=O) groups is 2. The number of carbonyl (C=O) groups excluding carboxylic acids is 2. The highest BCUT2D eigenvalue weighted by Crippen LogP contribution is 2.38. The fourth-order valence-corrected chi connectivity index (χ4v) is 2.50. The van der Waals surface area contributed by atoms with Crippen LogP contribution in [0.3, 0.4) is 0 Å². The summed E-state index contributed by atoms with van der Waals surface area (Å²) in [6.07, 6.45) is 0.644. The van der Waals surface area contributed by atoms with Crippen molar-refractivity contribution >= 4 is 17.6 Å². The number of aryl methyl sites for hydroxylation is 1. The molecule has 1 amide bonds. The number of fused-ring (bicyclic) bond motifs is 3. The molecular formula is C13H13NO3. The van der Waals surface area contributed by atoms with E-state index < -0.39 is 6.23 Å². The van der Waals surface area contributed by atoms with E-state index in [1.807, 2.05) is 19.9 Å². The summed E-state index contributed by atoms with van der Waals surface area (Å²) in [4.78, 5) is 25.4. The van der Waals surface area contributed by atoms with Crippen molar-refractivity contribution in [3.63, 3.8) is 0 Å². The van der Waals surface area contributed by atoms with Crippen molar-refractivity contribution in [3.8, 4) is 0 Å². The number of rotatable bonds is 0. The highest BCUT2D eigenvalue weighted by atomic mass is 16.6. The standard InChI is InChI=1S/C13H13NO3/c1-7-3-4-9-12(8(7)2)14-10(15)5-6-11(14)17-13(9)16/h3-4,11H,5-6H2,1-2H3. The molecule has 0 aliphatic carbocycles. The number of ether oxygens (including phenoxy) is 1. The van der Waals surface area contributed by atoms with Crippen molar-refractivity contribution in [2.45, 2.75) is 32.9 Å². The van der Waals surface area contributed by atoms with Gasteiger partial charge in [0.2, 0.25) is 5.91 Å². The Kier molecular flexibility index (Phi) is 2.02. The van der Waals surface area contributed by atoms with Gasteiger partial charge in [0.25, 0.3) is 0 Å². The SMILES string of the molecule is Cc1ccc2c(c1C)N1C(=O)CCC1OC2=O. The zero-order chi connectivity index (χ0) is 12.2. The average Bonchev–Trinajstić information content (AvgIpc) is 2.65. The maximum Gasteiger partial charge on any atom is 0.342 e. The van der Waals surface area contributed by atoms with Crippen LogP contribution in [-0.2, 0) is 9.53 Å². The first-order valence-electron chi connectivity index (χ1n) is 5.73. The summed E-state index contributed by atoms with van der Waals surface area (Å²) in [5.41, 5.74) is 3.31. The molecule has 1 atom stereocenters. The fraction of sp³-hybridized carbons (Fsp3) is 0.385. The average molecular weight is 231 g/mol. The van der Waals surface area contributed by atoms with E-state index in [0.29, 0.717) is 18.4 Å². The summed E-state index contributed by atoms with van der Waals surface area (Å²) in [5.74, 6) is -0.281. The van der Waals surface area contributed by atoms with Crippen LogP contribution in [-0.4, -0.2) is 18.1 Å². The zero-order valence-electron chi connectivity index (χ0n) is 9.82. The van der Waals surface area contributed by atoms with Crippen molar-refractivity contribution in [2.24, 2.45) is 0 Å². The van der Waals surface area contributed by atoms with Crippen molar-refractivity contribution in [3.05, 3.63) is 28.8 Å². The van der Waals surface area contributed by atoms with Crippen LogP contribution in [0.5, 0.6) is 0 Å². The van der Waals surface area contributed by atoms with Crippen molar-refractivity contribution in [1.29, 1.82) is 0 Å². The lowest BCUT2D eigenvalue weighted by Crippen LogP contribution is -2.41. The summed E-state index contributed by atoms with van der Waals surface area (Å²) >= 11 is 0. The van der Waals surface area contributed by atoms with Gasteiger partial charge in [0, 0.05) is 12.8 Å². The van der Waals surface area contributed by atoms with Gasteiger partial charge >= 0.3 is 5.97 Å². The lowest BCUT2D eigenvalue weighted by Gasteiger charge is -2.32. The summed E-state index contributed by atoms with van der Waals surface area (Å²) in [6, 6.07) is 3.62. The summed E-state index contributed by atoms with van der Waals surface area (Å²) in [5, 5.41) is 0. The number of hydrogen-bond donors (Lipinski definition) is 0. The maximum absolute atomic E-state index is 11.9. The lowest BCUT2D eigenvalue weighted by molar-refractivity contribution is -0.117. The maximum atomic E-state index is 11.9. The molecule has 1 aromatic rings. The Morgan fingerprint density at radius 1 is 1.29 bits per heavy atom. The predicted molar refractivity (Wildman–Crippen MR) is 61.8 cm³/mol. The van der Waals surface area contributed by atoms with Gasteiger partial charge in [0.05, 0.1) is 11.3 Å². The van der Waals surface area contributed by atoms with Gasteiger partial charge in [-0.05, 0) is 31.0 Å². The second-order valence-electron chi connectivity index (χ2n) is 4.57. The molecule has 2 aliphatic heterocycles. The number of esters is 1. The summed E-state index contributed by atoms with van der Waals surface area (Å²) < 4.78 is 5.27. The molecule has 1 fully saturated rings. The topological polar surface area (TPSA) is 46.6 Å². The third-order valence-corrected chi connectivity index (χ3v) is 3.57. The minimum absolute atomic E-state index is 0.0393. The van der Waals surface area contributed by atoms with Gasteiger partial charge in [-0.2, -0.15) is 0 Å². The van der Waals surface area contributed by atoms with E-state index in [2.05, 4.69) is 0 Å². The fourth-order valence-electron chi connectivity index (χ4n) is 2.50. The first-order chi connectivity index (χ1) is 8.09. The van der Waals surface area contributed by atoms with E-state index in [0.717, 1.165) is 16.8 Å². The van der Waals surface area contributed by atoms with Gasteiger partial charge in [-0.15, -0.1) is 0 Å². The van der Waals surface area contributed by atoms with Crippen LogP contribution >= 0.6 is 0 Å². The van der Waals surface area contributed by atoms with Gasteiger partial charge in [-0.25, -0.2) is 4.79 Å². The largest absolute Gasteiger partial charge is 0.437 e. The van der Waals surface area contributed by atoms with Gasteiger partial charge in [-0.3, -0.25) is 9.69 Å². The van der Waals surface area contributed by atoms with Crippen molar-refractivity contribution < 1.29 is 14.3 Å². The molecule has 0 radical (unpaired) electrons. The molecule has 2 heterocycles. The number of nitrogens with zero attached hydrogens (tertiary/aromatic N) is 1. The van der Waals surface area contributed by atoms with Crippen LogP contribution in [0.2, 0.25) is 0 Å². The molecule has 0 aromatic heterocycles. The third-order valence-electron chi connectivity index (χ3n) is 3.57. The zero-order valence-corrected chi connectivity index (χ0v) is 9.82. The molecule has 4 heteroatoms. The molecule has 2 aliphatic rings. The molecular weight excluding hydrogens is 218 g/mol. The Morgan fingerprint density at radius 3 is 2.82 bits per heavy atom. The number of benzene rings is 1. The highest BCUT2D eigenvalue weighted by molar-refractivity contribution is 6.07. The Hall–Kier alpha value is -1.84.